The van der Waals surface area contributed by atoms with Crippen LogP contribution in [0.2, 0.25) is 0 Å². The van der Waals surface area contributed by atoms with Gasteiger partial charge in [0.2, 0.25) is 5.91 Å². The fourth-order valence-corrected chi connectivity index (χ4v) is 2.20. The van der Waals surface area contributed by atoms with Crippen molar-refractivity contribution in [1.29, 1.82) is 0 Å². The second kappa shape index (κ2) is 6.55. The zero-order valence-corrected chi connectivity index (χ0v) is 10.8. The van der Waals surface area contributed by atoms with Crippen molar-refractivity contribution in [3.63, 3.8) is 0 Å². The van der Waals surface area contributed by atoms with Gasteiger partial charge in [-0.2, -0.15) is 0 Å². The molecule has 0 bridgehead atoms. The van der Waals surface area contributed by atoms with Crippen LogP contribution in [0.5, 0.6) is 0 Å². The number of benzene rings is 1. The van der Waals surface area contributed by atoms with E-state index in [-0.39, 0.29) is 5.91 Å². The van der Waals surface area contributed by atoms with Gasteiger partial charge in [0.05, 0.1) is 0 Å². The summed E-state index contributed by atoms with van der Waals surface area (Å²) in [5.41, 5.74) is 6.76. The Kier molecular flexibility index (Phi) is 4.76. The molecule has 1 amide bonds. The van der Waals surface area contributed by atoms with Crippen LogP contribution in [0.15, 0.2) is 30.3 Å². The van der Waals surface area contributed by atoms with Crippen LogP contribution in [0.3, 0.4) is 0 Å². The van der Waals surface area contributed by atoms with E-state index in [1.54, 1.807) is 0 Å². The first kappa shape index (κ1) is 13.1. The molecule has 0 unspecified atom stereocenters. The second-order valence-electron chi connectivity index (χ2n) is 4.95. The minimum absolute atomic E-state index is 0.287. The zero-order valence-electron chi connectivity index (χ0n) is 10.8. The molecular formula is C15H22N2O. The molecule has 3 nitrogen and oxygen atoms in total. The summed E-state index contributed by atoms with van der Waals surface area (Å²) in [5.74, 6) is 0.287. The molecule has 0 radical (unpaired) electrons. The van der Waals surface area contributed by atoms with E-state index in [1.807, 2.05) is 23.1 Å². The lowest BCUT2D eigenvalue weighted by Crippen LogP contribution is -2.35. The number of nitrogens with zero attached hydrogens (tertiary/aromatic N) is 1. The van der Waals surface area contributed by atoms with Crippen LogP contribution in [0.25, 0.3) is 0 Å². The lowest BCUT2D eigenvalue weighted by atomic mass is 10.1. The van der Waals surface area contributed by atoms with Gasteiger partial charge in [0.15, 0.2) is 0 Å². The average Bonchev–Trinajstić information content (AvgIpc) is 3.22. The van der Waals surface area contributed by atoms with Crippen molar-refractivity contribution in [1.82, 2.24) is 4.90 Å². The highest BCUT2D eigenvalue weighted by Crippen LogP contribution is 2.27. The molecule has 3 heteroatoms. The van der Waals surface area contributed by atoms with Crippen LogP contribution in [0, 0.1) is 0 Å². The number of carbonyl (C=O) groups is 1. The molecule has 1 aliphatic rings. The molecule has 0 aromatic heterocycles. The van der Waals surface area contributed by atoms with Gasteiger partial charge in [-0.25, -0.2) is 0 Å². The highest BCUT2D eigenvalue weighted by Gasteiger charge is 2.31. The summed E-state index contributed by atoms with van der Waals surface area (Å²) in [7, 11) is 0. The van der Waals surface area contributed by atoms with Crippen LogP contribution in [-0.4, -0.2) is 29.9 Å². The van der Waals surface area contributed by atoms with Gasteiger partial charge >= 0.3 is 0 Å². The van der Waals surface area contributed by atoms with Gasteiger partial charge in [-0.05, 0) is 37.8 Å². The minimum Gasteiger partial charge on any atom is -0.340 e. The Balaban J connectivity index is 1.81. The van der Waals surface area contributed by atoms with Crippen molar-refractivity contribution >= 4 is 5.91 Å². The Hall–Kier alpha value is -1.35. The Morgan fingerprint density at radius 3 is 2.61 bits per heavy atom. The van der Waals surface area contributed by atoms with Gasteiger partial charge in [-0.3, -0.25) is 4.79 Å². The summed E-state index contributed by atoms with van der Waals surface area (Å²) >= 11 is 0. The molecular weight excluding hydrogens is 224 g/mol. The molecule has 0 spiro atoms. The summed E-state index contributed by atoms with van der Waals surface area (Å²) in [6.45, 7) is 1.49. The van der Waals surface area contributed by atoms with E-state index < -0.39 is 0 Å². The number of hydrogen-bond donors (Lipinski definition) is 1. The molecule has 2 N–H and O–H groups in total. The largest absolute Gasteiger partial charge is 0.340 e. The van der Waals surface area contributed by atoms with Gasteiger partial charge in [0.25, 0.3) is 0 Å². The number of carbonyl (C=O) groups excluding carboxylic acids is 1. The maximum Gasteiger partial charge on any atom is 0.223 e. The second-order valence-corrected chi connectivity index (χ2v) is 4.95. The molecule has 98 valence electrons. The molecule has 18 heavy (non-hydrogen) atoms. The molecule has 0 saturated heterocycles. The van der Waals surface area contributed by atoms with E-state index >= 15 is 0 Å². The SMILES string of the molecule is NCCCN(C(=O)CCc1ccccc1)C1CC1. The van der Waals surface area contributed by atoms with E-state index in [1.165, 1.54) is 18.4 Å². The quantitative estimate of drug-likeness (QED) is 0.799. The van der Waals surface area contributed by atoms with Gasteiger partial charge in [-0.1, -0.05) is 30.3 Å². The predicted molar refractivity (Wildman–Crippen MR) is 73.2 cm³/mol. The van der Waals surface area contributed by atoms with Gasteiger partial charge < -0.3 is 10.6 Å². The lowest BCUT2D eigenvalue weighted by molar-refractivity contribution is -0.131. The first-order valence-electron chi connectivity index (χ1n) is 6.84. The maximum absolute atomic E-state index is 12.2. The van der Waals surface area contributed by atoms with Crippen molar-refractivity contribution in [3.8, 4) is 0 Å². The maximum atomic E-state index is 12.2. The number of amides is 1. The third kappa shape index (κ3) is 3.84. The van der Waals surface area contributed by atoms with Crippen molar-refractivity contribution in [3.05, 3.63) is 35.9 Å². The fourth-order valence-electron chi connectivity index (χ4n) is 2.20. The number of hydrogen-bond acceptors (Lipinski definition) is 2. The minimum atomic E-state index is 0.287. The Labute approximate surface area is 109 Å². The smallest absolute Gasteiger partial charge is 0.223 e. The predicted octanol–water partition coefficient (Wildman–Crippen LogP) is 1.96. The Morgan fingerprint density at radius 2 is 2.00 bits per heavy atom. The fraction of sp³-hybridized carbons (Fsp3) is 0.533. The van der Waals surface area contributed by atoms with E-state index in [9.17, 15) is 4.79 Å². The van der Waals surface area contributed by atoms with E-state index in [0.29, 0.717) is 19.0 Å². The van der Waals surface area contributed by atoms with Gasteiger partial charge in [-0.15, -0.1) is 0 Å². The van der Waals surface area contributed by atoms with Crippen LogP contribution in [-0.2, 0) is 11.2 Å². The van der Waals surface area contributed by atoms with Crippen LogP contribution in [0.1, 0.15) is 31.2 Å². The lowest BCUT2D eigenvalue weighted by Gasteiger charge is -2.22. The van der Waals surface area contributed by atoms with E-state index in [4.69, 9.17) is 5.73 Å². The Bertz CT molecular complexity index is 373. The molecule has 1 saturated carbocycles. The molecule has 1 fully saturated rings. The van der Waals surface area contributed by atoms with E-state index in [0.717, 1.165) is 19.4 Å². The molecule has 0 heterocycles. The third-order valence-corrected chi connectivity index (χ3v) is 3.38. The molecule has 1 aromatic rings. The highest BCUT2D eigenvalue weighted by molar-refractivity contribution is 5.77. The Morgan fingerprint density at radius 1 is 1.28 bits per heavy atom. The van der Waals surface area contributed by atoms with Gasteiger partial charge in [0.1, 0.15) is 0 Å². The first-order valence-corrected chi connectivity index (χ1v) is 6.84. The van der Waals surface area contributed by atoms with Crippen molar-refractivity contribution in [2.45, 2.75) is 38.1 Å². The summed E-state index contributed by atoms with van der Waals surface area (Å²) in [6, 6.07) is 10.7. The van der Waals surface area contributed by atoms with E-state index in [2.05, 4.69) is 12.1 Å². The van der Waals surface area contributed by atoms with Crippen molar-refractivity contribution < 1.29 is 4.79 Å². The van der Waals surface area contributed by atoms with Crippen LogP contribution < -0.4 is 5.73 Å². The van der Waals surface area contributed by atoms with Crippen molar-refractivity contribution in [2.24, 2.45) is 5.73 Å². The average molecular weight is 246 g/mol. The number of nitrogens with two attached hydrogens (primary N) is 1. The standard InChI is InChI=1S/C15H22N2O/c16-11-4-12-17(14-8-9-14)15(18)10-7-13-5-2-1-3-6-13/h1-3,5-6,14H,4,7-12,16H2. The molecule has 1 aliphatic carbocycles. The monoisotopic (exact) mass is 246 g/mol. The summed E-state index contributed by atoms with van der Waals surface area (Å²) in [5, 5.41) is 0. The number of aryl methyl sites for hydroxylation is 1. The molecule has 0 atom stereocenters. The van der Waals surface area contributed by atoms with Gasteiger partial charge in [0, 0.05) is 19.0 Å². The third-order valence-electron chi connectivity index (χ3n) is 3.38. The highest BCUT2D eigenvalue weighted by atomic mass is 16.2. The van der Waals surface area contributed by atoms with Crippen molar-refractivity contribution in [2.75, 3.05) is 13.1 Å². The summed E-state index contributed by atoms with van der Waals surface area (Å²) in [6.07, 6.45) is 4.70. The summed E-state index contributed by atoms with van der Waals surface area (Å²) in [4.78, 5) is 14.2. The normalized spacial score (nSPS) is 14.5. The molecule has 1 aromatic carbocycles. The van der Waals surface area contributed by atoms with Crippen LogP contribution in [0.4, 0.5) is 0 Å². The molecule has 2 rings (SSSR count). The molecule has 0 aliphatic heterocycles. The first-order chi connectivity index (χ1) is 8.81. The zero-order chi connectivity index (χ0) is 12.8. The number of rotatable bonds is 7. The summed E-state index contributed by atoms with van der Waals surface area (Å²) < 4.78 is 0. The topological polar surface area (TPSA) is 46.3 Å². The van der Waals surface area contributed by atoms with Crippen LogP contribution >= 0.6 is 0 Å².